The Labute approximate surface area is 182 Å². The van der Waals surface area contributed by atoms with Gasteiger partial charge in [-0.1, -0.05) is 39.3 Å². The van der Waals surface area contributed by atoms with E-state index >= 15 is 4.39 Å². The number of carboxylic acids is 1. The summed E-state index contributed by atoms with van der Waals surface area (Å²) in [4.78, 5) is 25.9. The summed E-state index contributed by atoms with van der Waals surface area (Å²) in [6.45, 7) is 7.25. The number of carbonyl (C=O) groups is 2. The largest absolute Gasteiger partial charge is 0.573 e. The summed E-state index contributed by atoms with van der Waals surface area (Å²) in [5, 5.41) is 9.15. The Morgan fingerprint density at radius 3 is 2.10 bits per heavy atom. The standard InChI is InChI=1S/C21H22ClF4NO4/c1-6-14(28)27(12-7-8-13(15(22)16(12)23)31-21(24,25)26)20(17(29)30)10-18(2,3)9-19(4,5)11-20/h1,7-8H,9-11H2,2-5H3,(H,29,30). The average Bonchev–Trinajstić information content (AvgIpc) is 2.57. The molecule has 0 saturated heterocycles. The van der Waals surface area contributed by atoms with Crippen LogP contribution in [-0.4, -0.2) is 28.9 Å². The van der Waals surface area contributed by atoms with Gasteiger partial charge in [0.2, 0.25) is 0 Å². The molecule has 1 aliphatic rings. The Hall–Kier alpha value is -2.47. The summed E-state index contributed by atoms with van der Waals surface area (Å²) < 4.78 is 56.5. The van der Waals surface area contributed by atoms with Crippen LogP contribution in [0.15, 0.2) is 12.1 Å². The van der Waals surface area contributed by atoms with Gasteiger partial charge in [0.25, 0.3) is 0 Å². The van der Waals surface area contributed by atoms with Gasteiger partial charge in [-0.15, -0.1) is 19.6 Å². The highest BCUT2D eigenvalue weighted by molar-refractivity contribution is 6.32. The molecule has 5 nitrogen and oxygen atoms in total. The number of carboxylic acid groups (broad SMARTS) is 1. The lowest BCUT2D eigenvalue weighted by Gasteiger charge is -2.53. The van der Waals surface area contributed by atoms with Crippen molar-refractivity contribution < 1.29 is 37.0 Å². The first kappa shape index (κ1) is 24.8. The Kier molecular flexibility index (Phi) is 6.32. The Balaban J connectivity index is 2.76. The van der Waals surface area contributed by atoms with Crippen LogP contribution in [0.1, 0.15) is 47.0 Å². The molecule has 0 radical (unpaired) electrons. The molecule has 0 bridgehead atoms. The lowest BCUT2D eigenvalue weighted by atomic mass is 9.57. The van der Waals surface area contributed by atoms with E-state index in [1.165, 1.54) is 0 Å². The van der Waals surface area contributed by atoms with Crippen LogP contribution < -0.4 is 9.64 Å². The second kappa shape index (κ2) is 7.90. The zero-order valence-electron chi connectivity index (χ0n) is 17.4. The third-order valence-electron chi connectivity index (χ3n) is 5.14. The van der Waals surface area contributed by atoms with Crippen molar-refractivity contribution in [3.8, 4) is 18.1 Å². The molecule has 1 amide bonds. The third-order valence-corrected chi connectivity index (χ3v) is 5.50. The van der Waals surface area contributed by atoms with Gasteiger partial charge in [0, 0.05) is 0 Å². The van der Waals surface area contributed by atoms with E-state index in [4.69, 9.17) is 18.0 Å². The number of ether oxygens (including phenoxy) is 1. The molecule has 31 heavy (non-hydrogen) atoms. The van der Waals surface area contributed by atoms with Crippen molar-refractivity contribution >= 4 is 29.2 Å². The Morgan fingerprint density at radius 2 is 1.68 bits per heavy atom. The van der Waals surface area contributed by atoms with Crippen molar-refractivity contribution in [2.75, 3.05) is 4.90 Å². The predicted octanol–water partition coefficient (Wildman–Crippen LogP) is 5.40. The highest BCUT2D eigenvalue weighted by atomic mass is 35.5. The number of anilines is 1. The summed E-state index contributed by atoms with van der Waals surface area (Å²) in [7, 11) is 0. The lowest BCUT2D eigenvalue weighted by molar-refractivity contribution is -0.274. The van der Waals surface area contributed by atoms with E-state index < -0.39 is 56.9 Å². The van der Waals surface area contributed by atoms with Gasteiger partial charge >= 0.3 is 18.2 Å². The van der Waals surface area contributed by atoms with Crippen LogP contribution >= 0.6 is 11.6 Å². The molecule has 170 valence electrons. The smallest absolute Gasteiger partial charge is 0.479 e. The monoisotopic (exact) mass is 463 g/mol. The predicted molar refractivity (Wildman–Crippen MR) is 106 cm³/mol. The van der Waals surface area contributed by atoms with Crippen molar-refractivity contribution in [1.29, 1.82) is 0 Å². The number of benzene rings is 1. The number of alkyl halides is 3. The van der Waals surface area contributed by atoms with Gasteiger partial charge in [-0.05, 0) is 48.1 Å². The highest BCUT2D eigenvalue weighted by Crippen LogP contribution is 2.54. The van der Waals surface area contributed by atoms with Crippen LogP contribution in [0.4, 0.5) is 23.2 Å². The van der Waals surface area contributed by atoms with Gasteiger partial charge in [-0.25, -0.2) is 9.18 Å². The van der Waals surface area contributed by atoms with E-state index in [2.05, 4.69) is 4.74 Å². The molecule has 1 aromatic rings. The van der Waals surface area contributed by atoms with Crippen molar-refractivity contribution in [3.05, 3.63) is 23.0 Å². The van der Waals surface area contributed by atoms with Gasteiger partial charge in [0.1, 0.15) is 10.6 Å². The third kappa shape index (κ3) is 5.06. The minimum absolute atomic E-state index is 0.0654. The number of hydrogen-bond acceptors (Lipinski definition) is 3. The number of amides is 1. The van der Waals surface area contributed by atoms with E-state index in [1.807, 2.05) is 27.7 Å². The van der Waals surface area contributed by atoms with E-state index in [0.717, 1.165) is 6.07 Å². The number of rotatable bonds is 4. The van der Waals surface area contributed by atoms with Crippen LogP contribution in [-0.2, 0) is 9.59 Å². The average molecular weight is 464 g/mol. The number of halogens is 5. The molecule has 0 unspecified atom stereocenters. The summed E-state index contributed by atoms with van der Waals surface area (Å²) >= 11 is 5.74. The van der Waals surface area contributed by atoms with E-state index in [1.54, 1.807) is 5.92 Å². The SMILES string of the molecule is C#CC(=O)N(c1ccc(OC(F)(F)F)c(Cl)c1F)C1(C(=O)O)CC(C)(C)CC(C)(C)C1. The van der Waals surface area contributed by atoms with Crippen LogP contribution in [0.3, 0.4) is 0 Å². The Bertz CT molecular complexity index is 934. The molecular formula is C21H22ClF4NO4. The van der Waals surface area contributed by atoms with Crippen molar-refractivity contribution in [1.82, 2.24) is 0 Å². The number of terminal acetylenes is 1. The summed E-state index contributed by atoms with van der Waals surface area (Å²) in [6.07, 6.45) is 0.605. The first-order chi connectivity index (χ1) is 13.9. The molecule has 1 fully saturated rings. The number of nitrogens with zero attached hydrogens (tertiary/aromatic N) is 1. The molecule has 0 atom stereocenters. The first-order valence-electron chi connectivity index (χ1n) is 9.23. The summed E-state index contributed by atoms with van der Waals surface area (Å²) in [5.74, 6) is -3.25. The van der Waals surface area contributed by atoms with Crippen LogP contribution in [0, 0.1) is 29.0 Å². The van der Waals surface area contributed by atoms with Crippen LogP contribution in [0.25, 0.3) is 0 Å². The fraction of sp³-hybridized carbons (Fsp3) is 0.524. The minimum Gasteiger partial charge on any atom is -0.479 e. The maximum atomic E-state index is 15.1. The first-order valence-corrected chi connectivity index (χ1v) is 9.60. The van der Waals surface area contributed by atoms with E-state index in [9.17, 15) is 27.9 Å². The summed E-state index contributed by atoms with van der Waals surface area (Å²) in [6, 6.07) is 1.51. The van der Waals surface area contributed by atoms with Gasteiger partial charge in [-0.2, -0.15) is 0 Å². The van der Waals surface area contributed by atoms with Crippen molar-refractivity contribution in [2.24, 2.45) is 10.8 Å². The van der Waals surface area contributed by atoms with Crippen LogP contribution in [0.2, 0.25) is 5.02 Å². The van der Waals surface area contributed by atoms with E-state index in [-0.39, 0.29) is 12.8 Å². The second-order valence-electron chi connectivity index (χ2n) is 9.24. The molecule has 1 saturated carbocycles. The quantitative estimate of drug-likeness (QED) is 0.479. The summed E-state index contributed by atoms with van der Waals surface area (Å²) in [5.41, 5.74) is -3.75. The van der Waals surface area contributed by atoms with Gasteiger partial charge in [0.05, 0.1) is 5.69 Å². The minimum atomic E-state index is -5.13. The maximum Gasteiger partial charge on any atom is 0.573 e. The normalized spacial score (nSPS) is 19.2. The maximum absolute atomic E-state index is 15.1. The van der Waals surface area contributed by atoms with Gasteiger partial charge < -0.3 is 9.84 Å². The zero-order valence-corrected chi connectivity index (χ0v) is 18.1. The molecule has 1 aliphatic carbocycles. The molecular weight excluding hydrogens is 442 g/mol. The molecule has 0 aliphatic heterocycles. The number of hydrogen-bond donors (Lipinski definition) is 1. The molecule has 0 heterocycles. The second-order valence-corrected chi connectivity index (χ2v) is 9.62. The molecule has 10 heteroatoms. The van der Waals surface area contributed by atoms with Crippen molar-refractivity contribution in [3.63, 3.8) is 0 Å². The zero-order chi connectivity index (χ0) is 24.0. The number of aliphatic carboxylic acids is 1. The van der Waals surface area contributed by atoms with Gasteiger partial charge in [-0.3, -0.25) is 9.69 Å². The molecule has 0 spiro atoms. The topological polar surface area (TPSA) is 66.8 Å². The van der Waals surface area contributed by atoms with E-state index in [0.29, 0.717) is 17.4 Å². The molecule has 1 N–H and O–H groups in total. The fourth-order valence-electron chi connectivity index (χ4n) is 4.97. The molecule has 0 aromatic heterocycles. The molecule has 2 rings (SSSR count). The van der Waals surface area contributed by atoms with Gasteiger partial charge in [0.15, 0.2) is 11.6 Å². The Morgan fingerprint density at radius 1 is 1.16 bits per heavy atom. The highest BCUT2D eigenvalue weighted by Gasteiger charge is 2.57. The molecule has 1 aromatic carbocycles. The fourth-order valence-corrected chi connectivity index (χ4v) is 5.17. The lowest BCUT2D eigenvalue weighted by Crippen LogP contribution is -2.63. The van der Waals surface area contributed by atoms with Crippen molar-refractivity contribution in [2.45, 2.75) is 58.9 Å². The van der Waals surface area contributed by atoms with Crippen LogP contribution in [0.5, 0.6) is 5.75 Å². The number of carbonyl (C=O) groups excluding carboxylic acids is 1.